The highest BCUT2D eigenvalue weighted by molar-refractivity contribution is 5.96. The molecule has 0 bridgehead atoms. The predicted octanol–water partition coefficient (Wildman–Crippen LogP) is 3.22. The van der Waals surface area contributed by atoms with Crippen LogP contribution in [0.4, 0.5) is 13.2 Å². The van der Waals surface area contributed by atoms with E-state index in [0.29, 0.717) is 5.56 Å². The van der Waals surface area contributed by atoms with Crippen molar-refractivity contribution in [2.24, 2.45) is 0 Å². The van der Waals surface area contributed by atoms with Crippen LogP contribution < -0.4 is 10.6 Å². The zero-order valence-corrected chi connectivity index (χ0v) is 15.4. The van der Waals surface area contributed by atoms with E-state index in [-0.39, 0.29) is 24.6 Å². The number of rotatable bonds is 4. The summed E-state index contributed by atoms with van der Waals surface area (Å²) in [6.07, 6.45) is -4.43. The lowest BCUT2D eigenvalue weighted by molar-refractivity contribution is -0.137. The van der Waals surface area contributed by atoms with Crippen LogP contribution >= 0.6 is 0 Å². The maximum Gasteiger partial charge on any atom is 0.416 e. The summed E-state index contributed by atoms with van der Waals surface area (Å²) in [5.41, 5.74) is 1.92. The minimum Gasteiger partial charge on any atom is -0.344 e. The van der Waals surface area contributed by atoms with Gasteiger partial charge >= 0.3 is 6.18 Å². The Morgan fingerprint density at radius 1 is 1.00 bits per heavy atom. The minimum atomic E-state index is -4.43. The van der Waals surface area contributed by atoms with Crippen LogP contribution in [0.25, 0.3) is 0 Å². The van der Waals surface area contributed by atoms with Crippen molar-refractivity contribution < 1.29 is 22.8 Å². The molecule has 0 spiro atoms. The Kier molecular flexibility index (Phi) is 6.83. The van der Waals surface area contributed by atoms with Crippen molar-refractivity contribution in [2.75, 3.05) is 13.1 Å². The standard InChI is InChI=1S/C21H19F3N2O2/c1-14-8-9-17(11-15(14)2)20(28)26-13-19(27)25-10-4-6-16-5-3-7-18(12-16)21(22,23)24/h3,5,7-9,11-12H,10,13H2,1-2H3,(H,25,27)(H,26,28). The van der Waals surface area contributed by atoms with E-state index in [2.05, 4.69) is 22.5 Å². The third kappa shape index (κ3) is 6.16. The van der Waals surface area contributed by atoms with E-state index < -0.39 is 17.6 Å². The molecule has 0 aliphatic heterocycles. The molecular formula is C21H19F3N2O2. The number of carbonyl (C=O) groups is 2. The quantitative estimate of drug-likeness (QED) is 0.791. The number of hydrogen-bond donors (Lipinski definition) is 2. The summed E-state index contributed by atoms with van der Waals surface area (Å²) in [4.78, 5) is 23.8. The molecule has 0 aromatic heterocycles. The average Bonchev–Trinajstić information content (AvgIpc) is 2.65. The second kappa shape index (κ2) is 9.09. The smallest absolute Gasteiger partial charge is 0.344 e. The van der Waals surface area contributed by atoms with E-state index >= 15 is 0 Å². The monoisotopic (exact) mass is 388 g/mol. The van der Waals surface area contributed by atoms with Gasteiger partial charge in [-0.15, -0.1) is 0 Å². The molecule has 0 heterocycles. The molecule has 0 unspecified atom stereocenters. The van der Waals surface area contributed by atoms with Crippen LogP contribution in [0, 0.1) is 25.7 Å². The Bertz CT molecular complexity index is 941. The largest absolute Gasteiger partial charge is 0.416 e. The topological polar surface area (TPSA) is 58.2 Å². The third-order valence-corrected chi connectivity index (χ3v) is 3.98. The molecule has 7 heteroatoms. The molecule has 2 aromatic carbocycles. The first-order chi connectivity index (χ1) is 13.2. The molecular weight excluding hydrogens is 369 g/mol. The molecule has 0 radical (unpaired) electrons. The van der Waals surface area contributed by atoms with Crippen molar-refractivity contribution in [3.8, 4) is 11.8 Å². The molecule has 0 atom stereocenters. The van der Waals surface area contributed by atoms with E-state index in [9.17, 15) is 22.8 Å². The predicted molar refractivity (Wildman–Crippen MR) is 99.6 cm³/mol. The van der Waals surface area contributed by atoms with Gasteiger partial charge in [0.05, 0.1) is 18.7 Å². The highest BCUT2D eigenvalue weighted by Gasteiger charge is 2.30. The van der Waals surface area contributed by atoms with Gasteiger partial charge in [0.15, 0.2) is 0 Å². The molecule has 0 aliphatic rings. The summed E-state index contributed by atoms with van der Waals surface area (Å²) in [5, 5.41) is 4.98. The van der Waals surface area contributed by atoms with Crippen LogP contribution in [0.5, 0.6) is 0 Å². The van der Waals surface area contributed by atoms with Gasteiger partial charge in [-0.25, -0.2) is 0 Å². The fourth-order valence-corrected chi connectivity index (χ4v) is 2.27. The molecule has 146 valence electrons. The van der Waals surface area contributed by atoms with Gasteiger partial charge in [-0.3, -0.25) is 9.59 Å². The number of carbonyl (C=O) groups excluding carboxylic acids is 2. The SMILES string of the molecule is Cc1ccc(C(=O)NCC(=O)NCC#Cc2cccc(C(F)(F)F)c2)cc1C. The fourth-order valence-electron chi connectivity index (χ4n) is 2.27. The van der Waals surface area contributed by atoms with Crippen molar-refractivity contribution in [3.63, 3.8) is 0 Å². The summed E-state index contributed by atoms with van der Waals surface area (Å²) in [7, 11) is 0. The molecule has 2 aromatic rings. The van der Waals surface area contributed by atoms with Crippen molar-refractivity contribution in [2.45, 2.75) is 20.0 Å². The number of aryl methyl sites for hydroxylation is 2. The molecule has 0 saturated carbocycles. The molecule has 28 heavy (non-hydrogen) atoms. The summed E-state index contributed by atoms with van der Waals surface area (Å²) < 4.78 is 37.9. The van der Waals surface area contributed by atoms with Crippen LogP contribution in [0.2, 0.25) is 0 Å². The van der Waals surface area contributed by atoms with Crippen molar-refractivity contribution in [1.82, 2.24) is 10.6 Å². The zero-order valence-electron chi connectivity index (χ0n) is 15.4. The highest BCUT2D eigenvalue weighted by Crippen LogP contribution is 2.29. The summed E-state index contributed by atoms with van der Waals surface area (Å²) in [6.45, 7) is 3.55. The number of halogens is 3. The maximum atomic E-state index is 12.6. The third-order valence-electron chi connectivity index (χ3n) is 3.98. The Morgan fingerprint density at radius 2 is 1.75 bits per heavy atom. The molecule has 4 nitrogen and oxygen atoms in total. The van der Waals surface area contributed by atoms with E-state index in [4.69, 9.17) is 0 Å². The van der Waals surface area contributed by atoms with E-state index in [0.717, 1.165) is 23.3 Å². The van der Waals surface area contributed by atoms with Gasteiger partial charge < -0.3 is 10.6 Å². The first kappa shape index (κ1) is 21.0. The van der Waals surface area contributed by atoms with Gasteiger partial charge in [-0.1, -0.05) is 24.0 Å². The number of hydrogen-bond acceptors (Lipinski definition) is 2. The molecule has 2 rings (SSSR count). The van der Waals surface area contributed by atoms with Crippen LogP contribution in [0.1, 0.15) is 32.6 Å². The van der Waals surface area contributed by atoms with Gasteiger partial charge in [0.25, 0.3) is 5.91 Å². The summed E-state index contributed by atoms with van der Waals surface area (Å²) >= 11 is 0. The maximum absolute atomic E-state index is 12.6. The number of alkyl halides is 3. The Hall–Kier alpha value is -3.27. The van der Waals surface area contributed by atoms with E-state index in [1.807, 2.05) is 19.9 Å². The van der Waals surface area contributed by atoms with Gasteiger partial charge in [-0.05, 0) is 55.3 Å². The molecule has 0 aliphatic carbocycles. The highest BCUT2D eigenvalue weighted by atomic mass is 19.4. The van der Waals surface area contributed by atoms with E-state index in [1.54, 1.807) is 12.1 Å². The molecule has 2 N–H and O–H groups in total. The number of nitrogens with one attached hydrogen (secondary N) is 2. The fraction of sp³-hybridized carbons (Fsp3) is 0.238. The Balaban J connectivity index is 1.81. The van der Waals surface area contributed by atoms with Gasteiger partial charge in [0.1, 0.15) is 0 Å². The summed E-state index contributed by atoms with van der Waals surface area (Å²) in [5.74, 6) is 4.33. The second-order valence-corrected chi connectivity index (χ2v) is 6.14. The Labute approximate surface area is 161 Å². The van der Waals surface area contributed by atoms with E-state index in [1.165, 1.54) is 12.1 Å². The summed E-state index contributed by atoms with van der Waals surface area (Å²) in [6, 6.07) is 9.87. The number of amides is 2. The van der Waals surface area contributed by atoms with Gasteiger partial charge in [-0.2, -0.15) is 13.2 Å². The molecule has 2 amide bonds. The van der Waals surface area contributed by atoms with Gasteiger partial charge in [0, 0.05) is 11.1 Å². The lowest BCUT2D eigenvalue weighted by atomic mass is 10.1. The van der Waals surface area contributed by atoms with Crippen LogP contribution in [-0.2, 0) is 11.0 Å². The first-order valence-electron chi connectivity index (χ1n) is 8.45. The lowest BCUT2D eigenvalue weighted by Crippen LogP contribution is -2.37. The van der Waals surface area contributed by atoms with Crippen LogP contribution in [-0.4, -0.2) is 24.9 Å². The van der Waals surface area contributed by atoms with Crippen molar-refractivity contribution in [1.29, 1.82) is 0 Å². The van der Waals surface area contributed by atoms with Gasteiger partial charge in [0.2, 0.25) is 5.91 Å². The van der Waals surface area contributed by atoms with Crippen LogP contribution in [0.15, 0.2) is 42.5 Å². The molecule has 0 saturated heterocycles. The second-order valence-electron chi connectivity index (χ2n) is 6.14. The molecule has 0 fully saturated rings. The number of benzene rings is 2. The minimum absolute atomic E-state index is 0.0470. The zero-order chi connectivity index (χ0) is 20.7. The Morgan fingerprint density at radius 3 is 2.43 bits per heavy atom. The normalized spacial score (nSPS) is 10.6. The van der Waals surface area contributed by atoms with Crippen molar-refractivity contribution >= 4 is 11.8 Å². The first-order valence-corrected chi connectivity index (χ1v) is 8.45. The lowest BCUT2D eigenvalue weighted by Gasteiger charge is -2.07. The average molecular weight is 388 g/mol. The van der Waals surface area contributed by atoms with Crippen molar-refractivity contribution in [3.05, 3.63) is 70.3 Å². The van der Waals surface area contributed by atoms with Crippen LogP contribution in [0.3, 0.4) is 0 Å².